The highest BCUT2D eigenvalue weighted by molar-refractivity contribution is 6.13. The van der Waals surface area contributed by atoms with Gasteiger partial charge < -0.3 is 4.74 Å². The molecular formula is C29H20N2O. The lowest BCUT2D eigenvalue weighted by atomic mass is 9.97. The van der Waals surface area contributed by atoms with Gasteiger partial charge in [0.05, 0.1) is 23.8 Å². The molecule has 0 N–H and O–H groups in total. The van der Waals surface area contributed by atoms with E-state index in [0.29, 0.717) is 0 Å². The van der Waals surface area contributed by atoms with Crippen molar-refractivity contribution in [3.05, 3.63) is 103 Å². The SMILES string of the molecule is COc1cccc2c(-c3ccc(-c4cccc5cccnc45)cc3)nc3ccccc3c12. The van der Waals surface area contributed by atoms with E-state index in [-0.39, 0.29) is 0 Å². The number of benzene rings is 4. The molecule has 0 spiro atoms. The van der Waals surface area contributed by atoms with Crippen LogP contribution in [0.2, 0.25) is 0 Å². The minimum absolute atomic E-state index is 0.862. The first kappa shape index (κ1) is 18.5. The molecular weight excluding hydrogens is 392 g/mol. The molecule has 0 bridgehead atoms. The summed E-state index contributed by atoms with van der Waals surface area (Å²) in [5, 5.41) is 4.42. The summed E-state index contributed by atoms with van der Waals surface area (Å²) < 4.78 is 5.71. The molecule has 6 aromatic rings. The van der Waals surface area contributed by atoms with E-state index in [1.165, 1.54) is 0 Å². The Bertz CT molecular complexity index is 1600. The van der Waals surface area contributed by atoms with E-state index in [9.17, 15) is 0 Å². The van der Waals surface area contributed by atoms with Gasteiger partial charge in [-0.1, -0.05) is 78.9 Å². The van der Waals surface area contributed by atoms with Gasteiger partial charge in [-0.15, -0.1) is 0 Å². The lowest BCUT2D eigenvalue weighted by molar-refractivity contribution is 0.420. The summed E-state index contributed by atoms with van der Waals surface area (Å²) in [6.07, 6.45) is 1.85. The van der Waals surface area contributed by atoms with Crippen LogP contribution in [0.25, 0.3) is 55.0 Å². The van der Waals surface area contributed by atoms with Crippen LogP contribution in [0.5, 0.6) is 5.75 Å². The van der Waals surface area contributed by atoms with Crippen molar-refractivity contribution >= 4 is 32.6 Å². The van der Waals surface area contributed by atoms with Crippen LogP contribution in [0, 0.1) is 0 Å². The Morgan fingerprint density at radius 3 is 2.28 bits per heavy atom. The van der Waals surface area contributed by atoms with Crippen molar-refractivity contribution in [1.29, 1.82) is 0 Å². The molecule has 3 heteroatoms. The van der Waals surface area contributed by atoms with Crippen LogP contribution in [-0.4, -0.2) is 17.1 Å². The Morgan fingerprint density at radius 2 is 1.41 bits per heavy atom. The van der Waals surface area contributed by atoms with Crippen molar-refractivity contribution in [2.24, 2.45) is 0 Å². The summed E-state index contributed by atoms with van der Waals surface area (Å²) in [6, 6.07) is 33.4. The number of pyridine rings is 2. The first-order valence-corrected chi connectivity index (χ1v) is 10.6. The van der Waals surface area contributed by atoms with Crippen LogP contribution >= 0.6 is 0 Å². The van der Waals surface area contributed by atoms with Crippen molar-refractivity contribution in [3.63, 3.8) is 0 Å². The molecule has 3 nitrogen and oxygen atoms in total. The topological polar surface area (TPSA) is 35.0 Å². The summed E-state index contributed by atoms with van der Waals surface area (Å²) >= 11 is 0. The van der Waals surface area contributed by atoms with Crippen LogP contribution in [0.1, 0.15) is 0 Å². The zero-order valence-corrected chi connectivity index (χ0v) is 17.6. The molecule has 0 aliphatic rings. The minimum atomic E-state index is 0.862. The Kier molecular flexibility index (Phi) is 4.32. The molecule has 2 aromatic heterocycles. The van der Waals surface area contributed by atoms with Gasteiger partial charge in [-0.25, -0.2) is 4.98 Å². The number of aromatic nitrogens is 2. The molecule has 0 unspecified atom stereocenters. The van der Waals surface area contributed by atoms with Crippen molar-refractivity contribution in [2.75, 3.05) is 7.11 Å². The highest BCUT2D eigenvalue weighted by Crippen LogP contribution is 2.38. The molecule has 2 heterocycles. The van der Waals surface area contributed by atoms with Gasteiger partial charge in [0, 0.05) is 38.9 Å². The van der Waals surface area contributed by atoms with Gasteiger partial charge in [0.25, 0.3) is 0 Å². The van der Waals surface area contributed by atoms with Crippen molar-refractivity contribution in [1.82, 2.24) is 9.97 Å². The fourth-order valence-corrected chi connectivity index (χ4v) is 4.50. The van der Waals surface area contributed by atoms with Crippen LogP contribution < -0.4 is 4.74 Å². The third-order valence-electron chi connectivity index (χ3n) is 6.01. The van der Waals surface area contributed by atoms with E-state index in [4.69, 9.17) is 9.72 Å². The van der Waals surface area contributed by atoms with E-state index in [1.807, 2.05) is 36.5 Å². The van der Waals surface area contributed by atoms with Crippen LogP contribution in [0.4, 0.5) is 0 Å². The zero-order chi connectivity index (χ0) is 21.5. The van der Waals surface area contributed by atoms with Crippen LogP contribution in [0.3, 0.4) is 0 Å². The summed E-state index contributed by atoms with van der Waals surface area (Å²) in [4.78, 5) is 9.64. The molecule has 6 rings (SSSR count). The van der Waals surface area contributed by atoms with E-state index < -0.39 is 0 Å². The molecule has 0 radical (unpaired) electrons. The molecule has 4 aromatic carbocycles. The third kappa shape index (κ3) is 2.90. The Balaban J connectivity index is 1.55. The first-order valence-electron chi connectivity index (χ1n) is 10.6. The molecule has 0 atom stereocenters. The fraction of sp³-hybridized carbons (Fsp3) is 0.0345. The van der Waals surface area contributed by atoms with Crippen molar-refractivity contribution in [3.8, 4) is 28.1 Å². The Hall–Kier alpha value is -4.24. The van der Waals surface area contributed by atoms with Gasteiger partial charge in [-0.3, -0.25) is 4.98 Å². The number of rotatable bonds is 3. The van der Waals surface area contributed by atoms with Gasteiger partial charge in [0.1, 0.15) is 5.75 Å². The number of ether oxygens (including phenoxy) is 1. The molecule has 152 valence electrons. The van der Waals surface area contributed by atoms with Gasteiger partial charge in [0.2, 0.25) is 0 Å². The van der Waals surface area contributed by atoms with Crippen molar-refractivity contribution < 1.29 is 4.74 Å². The monoisotopic (exact) mass is 412 g/mol. The average Bonchev–Trinajstić information content (AvgIpc) is 2.87. The standard InChI is InChI=1S/C29H20N2O/c1-32-26-13-5-11-24-27(26)23-9-2-3-12-25(23)31-29(24)21-16-14-19(15-17-21)22-10-4-7-20-8-6-18-30-28(20)22/h2-18H,1H3. The molecule has 0 aliphatic heterocycles. The van der Waals surface area contributed by atoms with E-state index >= 15 is 0 Å². The van der Waals surface area contributed by atoms with Gasteiger partial charge in [0.15, 0.2) is 0 Å². The van der Waals surface area contributed by atoms with Gasteiger partial charge in [-0.05, 0) is 23.8 Å². The van der Waals surface area contributed by atoms with E-state index in [1.54, 1.807) is 7.11 Å². The molecule has 0 aliphatic carbocycles. The predicted molar refractivity (Wildman–Crippen MR) is 132 cm³/mol. The number of methoxy groups -OCH3 is 1. The molecule has 0 fully saturated rings. The second-order valence-corrected chi connectivity index (χ2v) is 7.82. The summed E-state index contributed by atoms with van der Waals surface area (Å²) in [5.74, 6) is 0.862. The Morgan fingerprint density at radius 1 is 0.656 bits per heavy atom. The maximum absolute atomic E-state index is 5.71. The summed E-state index contributed by atoms with van der Waals surface area (Å²) in [7, 11) is 1.72. The normalized spacial score (nSPS) is 11.3. The van der Waals surface area contributed by atoms with Crippen LogP contribution in [-0.2, 0) is 0 Å². The largest absolute Gasteiger partial charge is 0.496 e. The number of fused-ring (bicyclic) bond motifs is 4. The maximum atomic E-state index is 5.71. The fourth-order valence-electron chi connectivity index (χ4n) is 4.50. The molecule has 0 saturated carbocycles. The smallest absolute Gasteiger partial charge is 0.127 e. The third-order valence-corrected chi connectivity index (χ3v) is 6.01. The number of hydrogen-bond donors (Lipinski definition) is 0. The number of hydrogen-bond acceptors (Lipinski definition) is 3. The molecule has 0 saturated heterocycles. The second kappa shape index (κ2) is 7.47. The number of para-hydroxylation sites is 2. The maximum Gasteiger partial charge on any atom is 0.127 e. The summed E-state index contributed by atoms with van der Waals surface area (Å²) in [5.41, 5.74) is 6.28. The average molecular weight is 412 g/mol. The molecule has 32 heavy (non-hydrogen) atoms. The Labute approximate surface area is 186 Å². The van der Waals surface area contributed by atoms with Gasteiger partial charge >= 0.3 is 0 Å². The highest BCUT2D eigenvalue weighted by Gasteiger charge is 2.14. The lowest BCUT2D eigenvalue weighted by Gasteiger charge is -2.13. The van der Waals surface area contributed by atoms with Gasteiger partial charge in [-0.2, -0.15) is 0 Å². The van der Waals surface area contributed by atoms with Crippen LogP contribution in [0.15, 0.2) is 103 Å². The zero-order valence-electron chi connectivity index (χ0n) is 17.6. The minimum Gasteiger partial charge on any atom is -0.496 e. The predicted octanol–water partition coefficient (Wildman–Crippen LogP) is 7.28. The number of nitrogens with zero attached hydrogens (tertiary/aromatic N) is 2. The highest BCUT2D eigenvalue weighted by atomic mass is 16.5. The lowest BCUT2D eigenvalue weighted by Crippen LogP contribution is -1.93. The quantitative estimate of drug-likeness (QED) is 0.287. The summed E-state index contributed by atoms with van der Waals surface area (Å²) in [6.45, 7) is 0. The van der Waals surface area contributed by atoms with E-state index in [2.05, 4.69) is 71.7 Å². The second-order valence-electron chi connectivity index (χ2n) is 7.82. The first-order chi connectivity index (χ1) is 15.8. The molecule has 0 amide bonds. The van der Waals surface area contributed by atoms with Crippen molar-refractivity contribution in [2.45, 2.75) is 0 Å². The van der Waals surface area contributed by atoms with E-state index in [0.717, 1.165) is 60.7 Å².